The molecule has 0 radical (unpaired) electrons. The SMILES string of the molecule is CC(C)CNC(=O)C(C)N(Cc1ccc(F)cc1)C(=O)CSCc1c(F)cccc1Cl. The molecule has 1 unspecified atom stereocenters. The summed E-state index contributed by atoms with van der Waals surface area (Å²) >= 11 is 7.27. The quantitative estimate of drug-likeness (QED) is 0.531. The normalized spacial score (nSPS) is 12.0. The van der Waals surface area contributed by atoms with E-state index in [1.807, 2.05) is 13.8 Å². The van der Waals surface area contributed by atoms with Crippen molar-refractivity contribution in [3.05, 3.63) is 70.2 Å². The summed E-state index contributed by atoms with van der Waals surface area (Å²) in [5.41, 5.74) is 1.05. The van der Waals surface area contributed by atoms with Crippen LogP contribution in [0.5, 0.6) is 0 Å². The Morgan fingerprint density at radius 1 is 1.10 bits per heavy atom. The Morgan fingerprint density at radius 3 is 2.39 bits per heavy atom. The number of nitrogens with one attached hydrogen (secondary N) is 1. The molecule has 4 nitrogen and oxygen atoms in total. The molecule has 0 aliphatic rings. The maximum atomic E-state index is 14.0. The van der Waals surface area contributed by atoms with E-state index in [1.165, 1.54) is 40.9 Å². The van der Waals surface area contributed by atoms with Crippen LogP contribution >= 0.6 is 23.4 Å². The first kappa shape index (κ1) is 25.1. The largest absolute Gasteiger partial charge is 0.354 e. The van der Waals surface area contributed by atoms with E-state index in [4.69, 9.17) is 11.6 Å². The van der Waals surface area contributed by atoms with Crippen molar-refractivity contribution in [1.82, 2.24) is 10.2 Å². The van der Waals surface area contributed by atoms with Crippen molar-refractivity contribution in [2.45, 2.75) is 39.1 Å². The molecule has 168 valence electrons. The van der Waals surface area contributed by atoms with Crippen LogP contribution in [0.2, 0.25) is 5.02 Å². The lowest BCUT2D eigenvalue weighted by Gasteiger charge is -2.29. The van der Waals surface area contributed by atoms with Crippen molar-refractivity contribution in [1.29, 1.82) is 0 Å². The lowest BCUT2D eigenvalue weighted by Crippen LogP contribution is -2.48. The van der Waals surface area contributed by atoms with Crippen LogP contribution in [0.15, 0.2) is 42.5 Å². The third-order valence-electron chi connectivity index (χ3n) is 4.65. The van der Waals surface area contributed by atoms with Crippen molar-refractivity contribution in [2.75, 3.05) is 12.3 Å². The summed E-state index contributed by atoms with van der Waals surface area (Å²) in [6, 6.07) is 9.54. The molecular formula is C23H27ClF2N2O2S. The molecule has 2 aromatic carbocycles. The Hall–Kier alpha value is -2.12. The van der Waals surface area contributed by atoms with E-state index in [0.29, 0.717) is 22.7 Å². The van der Waals surface area contributed by atoms with E-state index in [-0.39, 0.29) is 41.6 Å². The molecule has 8 heteroatoms. The van der Waals surface area contributed by atoms with Crippen molar-refractivity contribution in [3.8, 4) is 0 Å². The van der Waals surface area contributed by atoms with Gasteiger partial charge in [0.15, 0.2) is 0 Å². The van der Waals surface area contributed by atoms with Gasteiger partial charge in [0.05, 0.1) is 5.75 Å². The smallest absolute Gasteiger partial charge is 0.242 e. The number of carbonyl (C=O) groups excluding carboxylic acids is 2. The van der Waals surface area contributed by atoms with Gasteiger partial charge >= 0.3 is 0 Å². The molecular weight excluding hydrogens is 442 g/mol. The summed E-state index contributed by atoms with van der Waals surface area (Å²) in [4.78, 5) is 27.0. The van der Waals surface area contributed by atoms with Gasteiger partial charge in [-0.25, -0.2) is 8.78 Å². The molecule has 2 rings (SSSR count). The van der Waals surface area contributed by atoms with Gasteiger partial charge in [-0.15, -0.1) is 11.8 Å². The second-order valence-electron chi connectivity index (χ2n) is 7.66. The van der Waals surface area contributed by atoms with Gasteiger partial charge in [0.2, 0.25) is 11.8 Å². The Morgan fingerprint density at radius 2 is 1.77 bits per heavy atom. The Balaban J connectivity index is 2.09. The number of thioether (sulfide) groups is 1. The second kappa shape index (κ2) is 12.1. The molecule has 2 aromatic rings. The number of halogens is 3. The fourth-order valence-electron chi connectivity index (χ4n) is 2.82. The van der Waals surface area contributed by atoms with E-state index in [9.17, 15) is 18.4 Å². The summed E-state index contributed by atoms with van der Waals surface area (Å²) < 4.78 is 27.2. The number of hydrogen-bond acceptors (Lipinski definition) is 3. The van der Waals surface area contributed by atoms with E-state index < -0.39 is 11.9 Å². The highest BCUT2D eigenvalue weighted by Crippen LogP contribution is 2.24. The minimum Gasteiger partial charge on any atom is -0.354 e. The highest BCUT2D eigenvalue weighted by molar-refractivity contribution is 7.99. The van der Waals surface area contributed by atoms with Gasteiger partial charge in [-0.1, -0.05) is 43.6 Å². The minimum atomic E-state index is -0.714. The van der Waals surface area contributed by atoms with Gasteiger partial charge in [0, 0.05) is 29.4 Å². The molecule has 1 atom stereocenters. The molecule has 0 spiro atoms. The highest BCUT2D eigenvalue weighted by atomic mass is 35.5. The molecule has 0 saturated heterocycles. The van der Waals surface area contributed by atoms with Crippen molar-refractivity contribution in [2.24, 2.45) is 5.92 Å². The zero-order valence-electron chi connectivity index (χ0n) is 17.8. The number of rotatable bonds is 10. The average molecular weight is 469 g/mol. The molecule has 31 heavy (non-hydrogen) atoms. The fraction of sp³-hybridized carbons (Fsp3) is 0.391. The summed E-state index contributed by atoms with van der Waals surface area (Å²) in [5, 5.41) is 3.15. The third-order valence-corrected chi connectivity index (χ3v) is 5.95. The first-order valence-corrected chi connectivity index (χ1v) is 11.5. The zero-order chi connectivity index (χ0) is 23.0. The summed E-state index contributed by atoms with van der Waals surface area (Å²) in [6.07, 6.45) is 0. The van der Waals surface area contributed by atoms with Crippen LogP contribution < -0.4 is 5.32 Å². The van der Waals surface area contributed by atoms with Crippen LogP contribution in [0.25, 0.3) is 0 Å². The predicted molar refractivity (Wildman–Crippen MR) is 122 cm³/mol. The maximum absolute atomic E-state index is 14.0. The maximum Gasteiger partial charge on any atom is 0.242 e. The highest BCUT2D eigenvalue weighted by Gasteiger charge is 2.26. The molecule has 1 N–H and O–H groups in total. The van der Waals surface area contributed by atoms with Crippen molar-refractivity contribution >= 4 is 35.2 Å². The number of benzene rings is 2. The van der Waals surface area contributed by atoms with Gasteiger partial charge in [-0.05, 0) is 42.7 Å². The van der Waals surface area contributed by atoms with Crippen molar-refractivity contribution < 1.29 is 18.4 Å². The van der Waals surface area contributed by atoms with E-state index in [2.05, 4.69) is 5.32 Å². The topological polar surface area (TPSA) is 49.4 Å². The van der Waals surface area contributed by atoms with E-state index >= 15 is 0 Å². The van der Waals surface area contributed by atoms with Gasteiger partial charge in [-0.3, -0.25) is 9.59 Å². The molecule has 0 aromatic heterocycles. The molecule has 0 aliphatic carbocycles. The van der Waals surface area contributed by atoms with E-state index in [1.54, 1.807) is 25.1 Å². The molecule has 0 bridgehead atoms. The number of amides is 2. The summed E-state index contributed by atoms with van der Waals surface area (Å²) in [6.45, 7) is 6.29. The van der Waals surface area contributed by atoms with Crippen LogP contribution in [0.1, 0.15) is 31.9 Å². The van der Waals surface area contributed by atoms with Crippen LogP contribution in [0.3, 0.4) is 0 Å². The van der Waals surface area contributed by atoms with Crippen LogP contribution in [-0.2, 0) is 21.9 Å². The monoisotopic (exact) mass is 468 g/mol. The molecule has 0 heterocycles. The van der Waals surface area contributed by atoms with Crippen LogP contribution in [0.4, 0.5) is 8.78 Å². The first-order chi connectivity index (χ1) is 14.7. The second-order valence-corrected chi connectivity index (χ2v) is 9.05. The zero-order valence-corrected chi connectivity index (χ0v) is 19.4. The molecule has 0 fully saturated rings. The summed E-state index contributed by atoms with van der Waals surface area (Å²) in [5.74, 6) is -0.763. The molecule has 0 aliphatic heterocycles. The van der Waals surface area contributed by atoms with Gasteiger partial charge in [-0.2, -0.15) is 0 Å². The Labute approximate surface area is 191 Å². The van der Waals surface area contributed by atoms with Crippen molar-refractivity contribution in [3.63, 3.8) is 0 Å². The number of hydrogen-bond donors (Lipinski definition) is 1. The fourth-order valence-corrected chi connectivity index (χ4v) is 4.06. The number of carbonyl (C=O) groups is 2. The Bertz CT molecular complexity index is 873. The number of nitrogens with zero attached hydrogens (tertiary/aromatic N) is 1. The first-order valence-electron chi connectivity index (χ1n) is 10.0. The van der Waals surface area contributed by atoms with Crippen LogP contribution in [-0.4, -0.2) is 35.1 Å². The average Bonchev–Trinajstić information content (AvgIpc) is 2.73. The standard InChI is InChI=1S/C23H27ClF2N2O2S/c1-15(2)11-27-23(30)16(3)28(12-17-7-9-18(25)10-8-17)22(29)14-31-13-19-20(24)5-4-6-21(19)26/h4-10,15-16H,11-14H2,1-3H3,(H,27,30). The minimum absolute atomic E-state index is 0.0493. The lowest BCUT2D eigenvalue weighted by atomic mass is 10.1. The Kier molecular flexibility index (Phi) is 9.78. The van der Waals surface area contributed by atoms with Gasteiger partial charge in [0.1, 0.15) is 17.7 Å². The van der Waals surface area contributed by atoms with E-state index in [0.717, 1.165) is 0 Å². The van der Waals surface area contributed by atoms with Gasteiger partial charge < -0.3 is 10.2 Å². The molecule has 2 amide bonds. The predicted octanol–water partition coefficient (Wildman–Crippen LogP) is 5.04. The third kappa shape index (κ3) is 7.82. The summed E-state index contributed by atoms with van der Waals surface area (Å²) in [7, 11) is 0. The van der Waals surface area contributed by atoms with Crippen LogP contribution in [0, 0.1) is 17.6 Å². The van der Waals surface area contributed by atoms with Gasteiger partial charge in [0.25, 0.3) is 0 Å². The lowest BCUT2D eigenvalue weighted by molar-refractivity contribution is -0.138. The molecule has 0 saturated carbocycles.